The van der Waals surface area contributed by atoms with Crippen LogP contribution in [0.4, 0.5) is 4.39 Å². The van der Waals surface area contributed by atoms with E-state index < -0.39 is 0 Å². The van der Waals surface area contributed by atoms with Crippen molar-refractivity contribution in [2.45, 2.75) is 6.61 Å². The van der Waals surface area contributed by atoms with Crippen LogP contribution < -0.4 is 4.74 Å². The second-order valence-electron chi connectivity index (χ2n) is 3.45. The highest BCUT2D eigenvalue weighted by Crippen LogP contribution is 2.25. The third kappa shape index (κ3) is 3.11. The normalized spacial score (nSPS) is 10.3. The van der Waals surface area contributed by atoms with E-state index in [1.165, 1.54) is 12.1 Å². The van der Waals surface area contributed by atoms with E-state index in [1.54, 1.807) is 18.2 Å². The molecule has 88 valence electrons. The highest BCUT2D eigenvalue weighted by atomic mass is 35.5. The molecule has 0 bridgehead atoms. The Morgan fingerprint density at radius 3 is 2.47 bits per heavy atom. The van der Waals surface area contributed by atoms with Gasteiger partial charge in [0.15, 0.2) is 0 Å². The molecule has 0 atom stereocenters. The summed E-state index contributed by atoms with van der Waals surface area (Å²) in [6, 6.07) is 11.3. The van der Waals surface area contributed by atoms with Crippen molar-refractivity contribution in [2.75, 3.05) is 0 Å². The van der Waals surface area contributed by atoms with Gasteiger partial charge in [0.2, 0.25) is 0 Å². The largest absolute Gasteiger partial charge is 0.487 e. The van der Waals surface area contributed by atoms with Crippen LogP contribution in [0.3, 0.4) is 0 Å². The summed E-state index contributed by atoms with van der Waals surface area (Å²) in [5.74, 6) is 0.214. The minimum atomic E-state index is -0.364. The lowest BCUT2D eigenvalue weighted by Crippen LogP contribution is -1.97. The van der Waals surface area contributed by atoms with E-state index in [9.17, 15) is 4.39 Å². The highest BCUT2D eigenvalue weighted by molar-refractivity contribution is 6.32. The van der Waals surface area contributed by atoms with Gasteiger partial charge in [-0.15, -0.1) is 0 Å². The van der Waals surface area contributed by atoms with Crippen LogP contribution in [0.5, 0.6) is 5.75 Å². The number of ether oxygens (including phenoxy) is 1. The van der Waals surface area contributed by atoms with E-state index >= 15 is 0 Å². The molecule has 0 saturated heterocycles. The summed E-state index contributed by atoms with van der Waals surface area (Å²) in [4.78, 5) is 0. The molecular formula is C13H9Cl2FO. The molecule has 0 fully saturated rings. The van der Waals surface area contributed by atoms with Crippen molar-refractivity contribution in [3.63, 3.8) is 0 Å². The number of rotatable bonds is 3. The molecular weight excluding hydrogens is 262 g/mol. The number of hydrogen-bond donors (Lipinski definition) is 0. The molecule has 0 radical (unpaired) electrons. The maximum atomic E-state index is 12.8. The van der Waals surface area contributed by atoms with Gasteiger partial charge < -0.3 is 4.74 Å². The summed E-state index contributed by atoms with van der Waals surface area (Å²) in [7, 11) is 0. The van der Waals surface area contributed by atoms with Crippen LogP contribution in [-0.2, 0) is 6.61 Å². The minimum absolute atomic E-state index is 0.253. The lowest BCUT2D eigenvalue weighted by atomic mass is 10.2. The summed E-state index contributed by atoms with van der Waals surface area (Å²) in [6.07, 6.45) is 0. The van der Waals surface area contributed by atoms with E-state index in [4.69, 9.17) is 27.9 Å². The minimum Gasteiger partial charge on any atom is -0.487 e. The topological polar surface area (TPSA) is 9.23 Å². The fraction of sp³-hybridized carbons (Fsp3) is 0.0769. The van der Waals surface area contributed by atoms with Crippen molar-refractivity contribution in [2.24, 2.45) is 0 Å². The van der Waals surface area contributed by atoms with Gasteiger partial charge in [-0.25, -0.2) is 4.39 Å². The van der Waals surface area contributed by atoms with Crippen molar-refractivity contribution in [3.8, 4) is 5.75 Å². The van der Waals surface area contributed by atoms with Crippen LogP contribution in [0.15, 0.2) is 42.5 Å². The molecule has 4 heteroatoms. The average Bonchev–Trinajstić information content (AvgIpc) is 2.30. The third-order valence-corrected chi connectivity index (χ3v) is 2.90. The molecule has 0 heterocycles. The molecule has 0 N–H and O–H groups in total. The Bertz CT molecular complexity index is 529. The van der Waals surface area contributed by atoms with Gasteiger partial charge in [0.1, 0.15) is 18.2 Å². The van der Waals surface area contributed by atoms with E-state index in [0.717, 1.165) is 0 Å². The van der Waals surface area contributed by atoms with Crippen LogP contribution in [0.25, 0.3) is 0 Å². The molecule has 0 amide bonds. The quantitative estimate of drug-likeness (QED) is 0.785. The SMILES string of the molecule is Fc1ccc(COc2ccccc2Cl)c(Cl)c1. The Labute approximate surface area is 109 Å². The molecule has 0 unspecified atom stereocenters. The summed E-state index contributed by atoms with van der Waals surface area (Å²) >= 11 is 11.8. The van der Waals surface area contributed by atoms with Crippen molar-refractivity contribution in [1.29, 1.82) is 0 Å². The van der Waals surface area contributed by atoms with Crippen LogP contribution in [0, 0.1) is 5.82 Å². The molecule has 2 aromatic rings. The second-order valence-corrected chi connectivity index (χ2v) is 4.27. The van der Waals surface area contributed by atoms with E-state index in [-0.39, 0.29) is 12.4 Å². The van der Waals surface area contributed by atoms with Crippen LogP contribution >= 0.6 is 23.2 Å². The molecule has 0 aromatic heterocycles. The first-order valence-corrected chi connectivity index (χ1v) is 5.73. The maximum absolute atomic E-state index is 12.8. The molecule has 0 aliphatic rings. The van der Waals surface area contributed by atoms with Crippen molar-refractivity contribution >= 4 is 23.2 Å². The molecule has 2 aromatic carbocycles. The first-order chi connectivity index (χ1) is 8.16. The molecule has 17 heavy (non-hydrogen) atoms. The monoisotopic (exact) mass is 270 g/mol. The lowest BCUT2D eigenvalue weighted by Gasteiger charge is -2.09. The van der Waals surface area contributed by atoms with Gasteiger partial charge in [0, 0.05) is 5.56 Å². The molecule has 0 aliphatic heterocycles. The molecule has 2 rings (SSSR count). The average molecular weight is 271 g/mol. The number of halogens is 3. The van der Waals surface area contributed by atoms with E-state index in [1.807, 2.05) is 12.1 Å². The molecule has 1 nitrogen and oxygen atoms in total. The van der Waals surface area contributed by atoms with Gasteiger partial charge >= 0.3 is 0 Å². The van der Waals surface area contributed by atoms with Crippen LogP contribution in [0.1, 0.15) is 5.56 Å². The number of para-hydroxylation sites is 1. The highest BCUT2D eigenvalue weighted by Gasteiger charge is 2.04. The Morgan fingerprint density at radius 2 is 1.76 bits per heavy atom. The van der Waals surface area contributed by atoms with Gasteiger partial charge in [0.05, 0.1) is 10.0 Å². The summed E-state index contributed by atoms with van der Waals surface area (Å²) in [5, 5.41) is 0.878. The first kappa shape index (κ1) is 12.2. The van der Waals surface area contributed by atoms with Crippen LogP contribution in [0.2, 0.25) is 10.0 Å². The Balaban J connectivity index is 2.10. The molecule has 0 aliphatic carbocycles. The van der Waals surface area contributed by atoms with E-state index in [0.29, 0.717) is 21.4 Å². The zero-order valence-electron chi connectivity index (χ0n) is 8.79. The third-order valence-electron chi connectivity index (χ3n) is 2.23. The predicted molar refractivity (Wildman–Crippen MR) is 67.2 cm³/mol. The van der Waals surface area contributed by atoms with Gasteiger partial charge in [-0.1, -0.05) is 41.4 Å². The van der Waals surface area contributed by atoms with Crippen LogP contribution in [-0.4, -0.2) is 0 Å². The number of hydrogen-bond acceptors (Lipinski definition) is 1. The number of benzene rings is 2. The fourth-order valence-corrected chi connectivity index (χ4v) is 1.77. The smallest absolute Gasteiger partial charge is 0.138 e. The fourth-order valence-electron chi connectivity index (χ4n) is 1.36. The maximum Gasteiger partial charge on any atom is 0.138 e. The standard InChI is InChI=1S/C13H9Cl2FO/c14-11-3-1-2-4-13(11)17-8-9-5-6-10(16)7-12(9)15/h1-7H,8H2. The Morgan fingerprint density at radius 1 is 1.00 bits per heavy atom. The van der Waals surface area contributed by atoms with Gasteiger partial charge in [-0.05, 0) is 24.3 Å². The Hall–Kier alpha value is -1.25. The summed E-state index contributed by atoms with van der Waals surface area (Å²) in [6.45, 7) is 0.253. The zero-order valence-corrected chi connectivity index (χ0v) is 10.3. The molecule has 0 saturated carbocycles. The summed E-state index contributed by atoms with van der Waals surface area (Å²) < 4.78 is 18.3. The lowest BCUT2D eigenvalue weighted by molar-refractivity contribution is 0.306. The summed E-state index contributed by atoms with van der Waals surface area (Å²) in [5.41, 5.74) is 0.716. The van der Waals surface area contributed by atoms with E-state index in [2.05, 4.69) is 0 Å². The van der Waals surface area contributed by atoms with Crippen molar-refractivity contribution in [1.82, 2.24) is 0 Å². The molecule has 0 spiro atoms. The van der Waals surface area contributed by atoms with Crippen molar-refractivity contribution in [3.05, 3.63) is 63.9 Å². The first-order valence-electron chi connectivity index (χ1n) is 4.98. The zero-order chi connectivity index (χ0) is 12.3. The predicted octanol–water partition coefficient (Wildman–Crippen LogP) is 4.71. The second kappa shape index (κ2) is 5.39. The Kier molecular flexibility index (Phi) is 3.87. The van der Waals surface area contributed by atoms with Gasteiger partial charge in [0.25, 0.3) is 0 Å². The van der Waals surface area contributed by atoms with Gasteiger partial charge in [-0.3, -0.25) is 0 Å². The van der Waals surface area contributed by atoms with Crippen molar-refractivity contribution < 1.29 is 9.13 Å². The van der Waals surface area contributed by atoms with Gasteiger partial charge in [-0.2, -0.15) is 0 Å².